The molecule has 0 unspecified atom stereocenters. The summed E-state index contributed by atoms with van der Waals surface area (Å²) in [6.45, 7) is 1.82. The minimum absolute atomic E-state index is 0.865. The molecule has 0 bridgehead atoms. The Labute approximate surface area is 72.3 Å². The van der Waals surface area contributed by atoms with E-state index in [4.69, 9.17) is 0 Å². The summed E-state index contributed by atoms with van der Waals surface area (Å²) in [5.41, 5.74) is 2.63. The first-order valence-electron chi connectivity index (χ1n) is 4.19. The minimum Gasteiger partial charge on any atom is -0.264 e. The van der Waals surface area contributed by atoms with Crippen LogP contribution in [0.25, 0.3) is 5.57 Å². The fraction of sp³-hybridized carbons (Fsp3) is 0.300. The fourth-order valence-electron chi connectivity index (χ4n) is 1.38. The Hall–Kier alpha value is -1.15. The molecule has 2 nitrogen and oxygen atoms in total. The van der Waals surface area contributed by atoms with Gasteiger partial charge in [-0.3, -0.25) is 4.98 Å². The van der Waals surface area contributed by atoms with Crippen molar-refractivity contribution >= 4 is 5.57 Å². The van der Waals surface area contributed by atoms with E-state index in [1.54, 1.807) is 6.20 Å². The summed E-state index contributed by atoms with van der Waals surface area (Å²) in [5.74, 6) is 0. The SMILES string of the molecule is C1=C(c2cccnc2)CC[N]C1. The Morgan fingerprint density at radius 1 is 1.33 bits per heavy atom. The topological polar surface area (TPSA) is 27.0 Å². The highest BCUT2D eigenvalue weighted by Gasteiger charge is 2.04. The predicted molar refractivity (Wildman–Crippen MR) is 48.7 cm³/mol. The van der Waals surface area contributed by atoms with Crippen LogP contribution in [0.4, 0.5) is 0 Å². The van der Waals surface area contributed by atoms with Gasteiger partial charge >= 0.3 is 0 Å². The molecule has 0 spiro atoms. The van der Waals surface area contributed by atoms with Crippen molar-refractivity contribution in [2.45, 2.75) is 6.42 Å². The van der Waals surface area contributed by atoms with Crippen molar-refractivity contribution in [1.29, 1.82) is 0 Å². The maximum atomic E-state index is 4.26. The van der Waals surface area contributed by atoms with Gasteiger partial charge < -0.3 is 0 Å². The Bertz CT molecular complexity index is 277. The van der Waals surface area contributed by atoms with Gasteiger partial charge in [0.15, 0.2) is 0 Å². The van der Waals surface area contributed by atoms with Crippen molar-refractivity contribution in [2.24, 2.45) is 0 Å². The molecule has 0 N–H and O–H groups in total. The normalized spacial score (nSPS) is 17.2. The van der Waals surface area contributed by atoms with E-state index < -0.39 is 0 Å². The molecule has 1 aliphatic rings. The average molecular weight is 159 g/mol. The van der Waals surface area contributed by atoms with Gasteiger partial charge in [-0.15, -0.1) is 0 Å². The summed E-state index contributed by atoms with van der Waals surface area (Å²) < 4.78 is 0. The molecule has 2 heterocycles. The first kappa shape index (κ1) is 7.50. The van der Waals surface area contributed by atoms with E-state index in [-0.39, 0.29) is 0 Å². The maximum Gasteiger partial charge on any atom is 0.0342 e. The van der Waals surface area contributed by atoms with Crippen LogP contribution in [0.2, 0.25) is 0 Å². The quantitative estimate of drug-likeness (QED) is 0.609. The number of hydrogen-bond acceptors (Lipinski definition) is 1. The van der Waals surface area contributed by atoms with Gasteiger partial charge in [-0.05, 0) is 23.6 Å². The summed E-state index contributed by atoms with van der Waals surface area (Å²) in [7, 11) is 0. The summed E-state index contributed by atoms with van der Waals surface area (Å²) in [6, 6.07) is 4.08. The standard InChI is InChI=1S/C10H11N2/c1-2-10(8-12-5-1)9-3-6-11-7-4-9/h1-3,5,8H,4,6-7H2. The lowest BCUT2D eigenvalue weighted by molar-refractivity contribution is 0.723. The van der Waals surface area contributed by atoms with Gasteiger partial charge in [-0.2, -0.15) is 0 Å². The Morgan fingerprint density at radius 2 is 2.33 bits per heavy atom. The van der Waals surface area contributed by atoms with Gasteiger partial charge in [-0.1, -0.05) is 12.1 Å². The second kappa shape index (κ2) is 3.50. The van der Waals surface area contributed by atoms with Crippen LogP contribution >= 0.6 is 0 Å². The molecule has 12 heavy (non-hydrogen) atoms. The zero-order valence-corrected chi connectivity index (χ0v) is 6.90. The van der Waals surface area contributed by atoms with Crippen LogP contribution < -0.4 is 5.32 Å². The van der Waals surface area contributed by atoms with Gasteiger partial charge in [0.2, 0.25) is 0 Å². The van der Waals surface area contributed by atoms with Crippen LogP contribution in [0.3, 0.4) is 0 Å². The Balaban J connectivity index is 2.24. The summed E-state index contributed by atoms with van der Waals surface area (Å²) >= 11 is 0. The van der Waals surface area contributed by atoms with Gasteiger partial charge in [-0.25, -0.2) is 5.32 Å². The molecule has 1 aromatic rings. The number of aromatic nitrogens is 1. The first-order valence-corrected chi connectivity index (χ1v) is 4.19. The smallest absolute Gasteiger partial charge is 0.0342 e. The van der Waals surface area contributed by atoms with Gasteiger partial charge in [0.1, 0.15) is 0 Å². The summed E-state index contributed by atoms with van der Waals surface area (Å²) in [5, 5.41) is 4.26. The van der Waals surface area contributed by atoms with Crippen molar-refractivity contribution in [1.82, 2.24) is 10.3 Å². The molecule has 2 heteroatoms. The first-order chi connectivity index (χ1) is 5.97. The highest BCUT2D eigenvalue weighted by atomic mass is 14.8. The Kier molecular flexibility index (Phi) is 2.19. The molecule has 1 aliphatic heterocycles. The van der Waals surface area contributed by atoms with Gasteiger partial charge in [0, 0.05) is 25.5 Å². The van der Waals surface area contributed by atoms with Crippen LogP contribution in [0.5, 0.6) is 0 Å². The molecule has 0 saturated heterocycles. The molecule has 1 radical (unpaired) electrons. The molecule has 2 rings (SSSR count). The zero-order valence-electron chi connectivity index (χ0n) is 6.90. The molecule has 0 amide bonds. The van der Waals surface area contributed by atoms with Crippen molar-refractivity contribution < 1.29 is 0 Å². The summed E-state index contributed by atoms with van der Waals surface area (Å²) in [6.07, 6.45) is 6.96. The monoisotopic (exact) mass is 159 g/mol. The van der Waals surface area contributed by atoms with Gasteiger partial charge in [0.05, 0.1) is 0 Å². The molecule has 0 fully saturated rings. The molecule has 61 valence electrons. The van der Waals surface area contributed by atoms with E-state index in [0.29, 0.717) is 0 Å². The minimum atomic E-state index is 0.865. The van der Waals surface area contributed by atoms with Crippen molar-refractivity contribution in [3.8, 4) is 0 Å². The summed E-state index contributed by atoms with van der Waals surface area (Å²) in [4.78, 5) is 4.09. The lowest BCUT2D eigenvalue weighted by atomic mass is 10.0. The fourth-order valence-corrected chi connectivity index (χ4v) is 1.38. The molecule has 1 aromatic heterocycles. The van der Waals surface area contributed by atoms with Gasteiger partial charge in [0.25, 0.3) is 0 Å². The third kappa shape index (κ3) is 1.53. The third-order valence-electron chi connectivity index (χ3n) is 2.04. The molecule has 0 aromatic carbocycles. The van der Waals surface area contributed by atoms with Crippen LogP contribution in [0.15, 0.2) is 30.6 Å². The highest BCUT2D eigenvalue weighted by Crippen LogP contribution is 2.18. The largest absolute Gasteiger partial charge is 0.264 e. The van der Waals surface area contributed by atoms with E-state index in [9.17, 15) is 0 Å². The molecule has 0 saturated carbocycles. The molecule has 0 atom stereocenters. The van der Waals surface area contributed by atoms with Crippen LogP contribution in [-0.4, -0.2) is 18.1 Å². The number of hydrogen-bond donors (Lipinski definition) is 0. The zero-order chi connectivity index (χ0) is 8.23. The van der Waals surface area contributed by atoms with Crippen LogP contribution in [0.1, 0.15) is 12.0 Å². The number of nitrogens with zero attached hydrogens (tertiary/aromatic N) is 2. The van der Waals surface area contributed by atoms with Crippen molar-refractivity contribution in [3.63, 3.8) is 0 Å². The van der Waals surface area contributed by atoms with Crippen LogP contribution in [-0.2, 0) is 0 Å². The van der Waals surface area contributed by atoms with E-state index in [0.717, 1.165) is 19.5 Å². The average Bonchev–Trinajstić information content (AvgIpc) is 2.21. The predicted octanol–water partition coefficient (Wildman–Crippen LogP) is 1.47. The molecular formula is C10H11N2. The second-order valence-electron chi connectivity index (χ2n) is 2.85. The van der Waals surface area contributed by atoms with Crippen LogP contribution in [0, 0.1) is 0 Å². The van der Waals surface area contributed by atoms with E-state index in [1.807, 2.05) is 12.3 Å². The van der Waals surface area contributed by atoms with E-state index >= 15 is 0 Å². The number of rotatable bonds is 1. The lowest BCUT2D eigenvalue weighted by Crippen LogP contribution is -2.12. The van der Waals surface area contributed by atoms with Crippen molar-refractivity contribution in [2.75, 3.05) is 13.1 Å². The molecule has 0 aliphatic carbocycles. The van der Waals surface area contributed by atoms with E-state index in [2.05, 4.69) is 22.4 Å². The third-order valence-corrected chi connectivity index (χ3v) is 2.04. The maximum absolute atomic E-state index is 4.26. The lowest BCUT2D eigenvalue weighted by Gasteiger charge is -2.11. The second-order valence-corrected chi connectivity index (χ2v) is 2.85. The highest BCUT2D eigenvalue weighted by molar-refractivity contribution is 5.65. The number of pyridine rings is 1. The van der Waals surface area contributed by atoms with E-state index in [1.165, 1.54) is 11.1 Å². The van der Waals surface area contributed by atoms with Crippen molar-refractivity contribution in [3.05, 3.63) is 36.2 Å². The Morgan fingerprint density at radius 3 is 3.00 bits per heavy atom. The molecular weight excluding hydrogens is 148 g/mol.